The number of esters is 1. The lowest BCUT2D eigenvalue weighted by atomic mass is 9.99. The number of alkyl halides is 3. The Labute approximate surface area is 143 Å². The molecule has 6 nitrogen and oxygen atoms in total. The van der Waals surface area contributed by atoms with Gasteiger partial charge in [0.1, 0.15) is 12.6 Å². The van der Waals surface area contributed by atoms with E-state index in [0.717, 1.165) is 13.2 Å². The highest BCUT2D eigenvalue weighted by atomic mass is 19.4. The standard InChI is InChI=1S/C16H20F3NO5/c1-23-7-8-25-10-14(21)20-13(15(22)24-2)9-11-5-3-4-6-12(11)16(17,18)19/h3-6,13H,7-10H2,1-2H3,(H,20,21)/t13-/m1/s1. The molecular formula is C16H20F3NO5. The molecule has 0 aromatic heterocycles. The first-order valence-corrected chi connectivity index (χ1v) is 7.38. The van der Waals surface area contributed by atoms with Gasteiger partial charge < -0.3 is 19.5 Å². The molecule has 0 saturated carbocycles. The molecule has 1 N–H and O–H groups in total. The Morgan fingerprint density at radius 3 is 2.44 bits per heavy atom. The van der Waals surface area contributed by atoms with Gasteiger partial charge in [-0.25, -0.2) is 4.79 Å². The van der Waals surface area contributed by atoms with Crippen molar-refractivity contribution in [3.8, 4) is 0 Å². The highest BCUT2D eigenvalue weighted by molar-refractivity contribution is 5.85. The van der Waals surface area contributed by atoms with E-state index in [2.05, 4.69) is 10.1 Å². The predicted octanol–water partition coefficient (Wildman–Crippen LogP) is 1.57. The fourth-order valence-corrected chi connectivity index (χ4v) is 2.07. The van der Waals surface area contributed by atoms with Crippen molar-refractivity contribution in [1.82, 2.24) is 5.32 Å². The van der Waals surface area contributed by atoms with Gasteiger partial charge in [-0.05, 0) is 11.6 Å². The monoisotopic (exact) mass is 363 g/mol. The summed E-state index contributed by atoms with van der Waals surface area (Å²) < 4.78 is 53.5. The van der Waals surface area contributed by atoms with Crippen LogP contribution in [0.25, 0.3) is 0 Å². The van der Waals surface area contributed by atoms with Crippen LogP contribution < -0.4 is 5.32 Å². The minimum atomic E-state index is -4.56. The van der Waals surface area contributed by atoms with E-state index in [1.54, 1.807) is 0 Å². The maximum atomic E-state index is 13.0. The topological polar surface area (TPSA) is 73.9 Å². The third-order valence-electron chi connectivity index (χ3n) is 3.23. The Bertz CT molecular complexity index is 577. The molecule has 1 atom stereocenters. The molecule has 1 aromatic carbocycles. The Balaban J connectivity index is 2.81. The molecule has 0 spiro atoms. The van der Waals surface area contributed by atoms with Gasteiger partial charge in [-0.1, -0.05) is 18.2 Å². The lowest BCUT2D eigenvalue weighted by Gasteiger charge is -2.19. The first kappa shape index (κ1) is 20.9. The van der Waals surface area contributed by atoms with E-state index >= 15 is 0 Å². The second-order valence-electron chi connectivity index (χ2n) is 5.05. The summed E-state index contributed by atoms with van der Waals surface area (Å²) >= 11 is 0. The van der Waals surface area contributed by atoms with Gasteiger partial charge in [-0.15, -0.1) is 0 Å². The van der Waals surface area contributed by atoms with Crippen molar-refractivity contribution in [3.05, 3.63) is 35.4 Å². The van der Waals surface area contributed by atoms with Gasteiger partial charge in [0.25, 0.3) is 0 Å². The first-order chi connectivity index (χ1) is 11.8. The van der Waals surface area contributed by atoms with E-state index in [-0.39, 0.29) is 31.8 Å². The van der Waals surface area contributed by atoms with Crippen LogP contribution in [0.1, 0.15) is 11.1 Å². The molecule has 0 aliphatic heterocycles. The van der Waals surface area contributed by atoms with E-state index in [1.165, 1.54) is 25.3 Å². The van der Waals surface area contributed by atoms with Gasteiger partial charge in [-0.3, -0.25) is 4.79 Å². The molecule has 25 heavy (non-hydrogen) atoms. The third-order valence-corrected chi connectivity index (χ3v) is 3.23. The largest absolute Gasteiger partial charge is 0.467 e. The van der Waals surface area contributed by atoms with E-state index in [4.69, 9.17) is 9.47 Å². The van der Waals surface area contributed by atoms with Crippen molar-refractivity contribution in [3.63, 3.8) is 0 Å². The maximum Gasteiger partial charge on any atom is 0.416 e. The van der Waals surface area contributed by atoms with E-state index < -0.39 is 29.7 Å². The first-order valence-electron chi connectivity index (χ1n) is 7.38. The molecule has 0 saturated heterocycles. The van der Waals surface area contributed by atoms with E-state index in [1.807, 2.05) is 0 Å². The van der Waals surface area contributed by atoms with Crippen LogP contribution in [0.3, 0.4) is 0 Å². The fraction of sp³-hybridized carbons (Fsp3) is 0.500. The van der Waals surface area contributed by atoms with Crippen molar-refractivity contribution >= 4 is 11.9 Å². The summed E-state index contributed by atoms with van der Waals surface area (Å²) in [4.78, 5) is 23.6. The van der Waals surface area contributed by atoms with Crippen LogP contribution in [0.5, 0.6) is 0 Å². The molecule has 0 bridgehead atoms. The van der Waals surface area contributed by atoms with Crippen LogP contribution in [0, 0.1) is 0 Å². The SMILES string of the molecule is COCCOCC(=O)N[C@H](Cc1ccccc1C(F)(F)F)C(=O)OC. The quantitative estimate of drug-likeness (QED) is 0.533. The van der Waals surface area contributed by atoms with Crippen LogP contribution in [0.4, 0.5) is 13.2 Å². The summed E-state index contributed by atoms with van der Waals surface area (Å²) in [5, 5.41) is 2.33. The zero-order valence-corrected chi connectivity index (χ0v) is 13.9. The van der Waals surface area contributed by atoms with Crippen molar-refractivity contribution in [2.45, 2.75) is 18.6 Å². The molecule has 1 amide bonds. The van der Waals surface area contributed by atoms with Crippen LogP contribution in [0.15, 0.2) is 24.3 Å². The zero-order chi connectivity index (χ0) is 18.9. The number of benzene rings is 1. The molecule has 1 rings (SSSR count). The predicted molar refractivity (Wildman–Crippen MR) is 81.8 cm³/mol. The third kappa shape index (κ3) is 7.10. The molecule has 0 radical (unpaired) electrons. The van der Waals surface area contributed by atoms with Crippen molar-refractivity contribution in [2.24, 2.45) is 0 Å². The summed E-state index contributed by atoms with van der Waals surface area (Å²) in [6, 6.07) is 3.59. The lowest BCUT2D eigenvalue weighted by molar-refractivity contribution is -0.146. The molecule has 140 valence electrons. The maximum absolute atomic E-state index is 13.0. The van der Waals surface area contributed by atoms with Crippen LogP contribution in [-0.4, -0.2) is 52.0 Å². The average Bonchev–Trinajstić information content (AvgIpc) is 2.57. The Morgan fingerprint density at radius 1 is 1.16 bits per heavy atom. The molecule has 0 fully saturated rings. The summed E-state index contributed by atoms with van der Waals surface area (Å²) in [7, 11) is 2.56. The van der Waals surface area contributed by atoms with Crippen LogP contribution >= 0.6 is 0 Å². The van der Waals surface area contributed by atoms with E-state index in [0.29, 0.717) is 0 Å². The van der Waals surface area contributed by atoms with Gasteiger partial charge in [0.2, 0.25) is 5.91 Å². The number of hydrogen-bond acceptors (Lipinski definition) is 5. The number of methoxy groups -OCH3 is 2. The minimum Gasteiger partial charge on any atom is -0.467 e. The Morgan fingerprint density at radius 2 is 1.84 bits per heavy atom. The second kappa shape index (κ2) is 10.00. The van der Waals surface area contributed by atoms with Gasteiger partial charge in [0.05, 0.1) is 25.9 Å². The number of rotatable bonds is 9. The van der Waals surface area contributed by atoms with Crippen molar-refractivity contribution in [1.29, 1.82) is 0 Å². The molecule has 0 aliphatic carbocycles. The Kier molecular flexibility index (Phi) is 8.36. The molecule has 0 unspecified atom stereocenters. The minimum absolute atomic E-state index is 0.119. The number of nitrogens with one attached hydrogen (secondary N) is 1. The number of amides is 1. The summed E-state index contributed by atoms with van der Waals surface area (Å²) in [5.41, 5.74) is -0.986. The highest BCUT2D eigenvalue weighted by Crippen LogP contribution is 2.32. The van der Waals surface area contributed by atoms with Crippen molar-refractivity contribution in [2.75, 3.05) is 34.0 Å². The number of halogens is 3. The average molecular weight is 363 g/mol. The number of carbonyl (C=O) groups is 2. The molecule has 9 heteroatoms. The zero-order valence-electron chi connectivity index (χ0n) is 13.9. The molecule has 0 aliphatic rings. The molecule has 1 aromatic rings. The van der Waals surface area contributed by atoms with Gasteiger partial charge in [0, 0.05) is 13.5 Å². The fourth-order valence-electron chi connectivity index (χ4n) is 2.07. The summed E-state index contributed by atoms with van der Waals surface area (Å²) in [6.45, 7) is 0.105. The number of carbonyl (C=O) groups excluding carboxylic acids is 2. The normalized spacial score (nSPS) is 12.5. The lowest BCUT2D eigenvalue weighted by Crippen LogP contribution is -2.44. The van der Waals surface area contributed by atoms with Gasteiger partial charge >= 0.3 is 12.1 Å². The van der Waals surface area contributed by atoms with Gasteiger partial charge in [0.15, 0.2) is 0 Å². The second-order valence-corrected chi connectivity index (χ2v) is 5.05. The molecular weight excluding hydrogens is 343 g/mol. The van der Waals surface area contributed by atoms with E-state index in [9.17, 15) is 22.8 Å². The van der Waals surface area contributed by atoms with Crippen molar-refractivity contribution < 1.29 is 37.0 Å². The Hall–Kier alpha value is -2.13. The number of ether oxygens (including phenoxy) is 3. The van der Waals surface area contributed by atoms with Crippen LogP contribution in [-0.2, 0) is 36.4 Å². The highest BCUT2D eigenvalue weighted by Gasteiger charge is 2.34. The summed E-state index contributed by atoms with van der Waals surface area (Å²) in [6.07, 6.45) is -4.92. The smallest absolute Gasteiger partial charge is 0.416 e. The van der Waals surface area contributed by atoms with Crippen LogP contribution in [0.2, 0.25) is 0 Å². The number of hydrogen-bond donors (Lipinski definition) is 1. The summed E-state index contributed by atoms with van der Waals surface area (Å²) in [5.74, 6) is -1.49. The van der Waals surface area contributed by atoms with Gasteiger partial charge in [-0.2, -0.15) is 13.2 Å². The molecule has 0 heterocycles.